The number of nitrogens with zero attached hydrogens (tertiary/aromatic N) is 5. The molecule has 1 N–H and O–H groups in total. The van der Waals surface area contributed by atoms with Crippen LogP contribution >= 0.6 is 0 Å². The lowest BCUT2D eigenvalue weighted by molar-refractivity contribution is 0.528. The van der Waals surface area contributed by atoms with Gasteiger partial charge in [0.05, 0.1) is 24.1 Å². The highest BCUT2D eigenvalue weighted by Gasteiger charge is 2.08. The largest absolute Gasteiger partial charge is 0.303 e. The molecule has 0 saturated carbocycles. The molecule has 0 radical (unpaired) electrons. The normalized spacial score (nSPS) is 12.9. The quantitative estimate of drug-likeness (QED) is 0.834. The SMILES string of the molecule is CCn1ncc(CNC(C)c2ccn(C)n2)n1. The maximum absolute atomic E-state index is 4.36. The zero-order valence-electron chi connectivity index (χ0n) is 10.5. The second-order valence-corrected chi connectivity index (χ2v) is 4.04. The van der Waals surface area contributed by atoms with Crippen molar-refractivity contribution in [3.63, 3.8) is 0 Å². The summed E-state index contributed by atoms with van der Waals surface area (Å²) < 4.78 is 1.81. The Morgan fingerprint density at radius 1 is 1.41 bits per heavy atom. The summed E-state index contributed by atoms with van der Waals surface area (Å²) in [5.74, 6) is 0. The number of hydrogen-bond acceptors (Lipinski definition) is 4. The van der Waals surface area contributed by atoms with E-state index in [4.69, 9.17) is 0 Å². The number of rotatable bonds is 5. The van der Waals surface area contributed by atoms with Crippen molar-refractivity contribution >= 4 is 0 Å². The topological polar surface area (TPSA) is 60.6 Å². The van der Waals surface area contributed by atoms with E-state index < -0.39 is 0 Å². The van der Waals surface area contributed by atoms with Gasteiger partial charge in [-0.2, -0.15) is 20.1 Å². The minimum atomic E-state index is 0.211. The van der Waals surface area contributed by atoms with Gasteiger partial charge in [-0.15, -0.1) is 0 Å². The first-order valence-corrected chi connectivity index (χ1v) is 5.81. The van der Waals surface area contributed by atoms with Crippen LogP contribution in [0.1, 0.15) is 31.3 Å². The van der Waals surface area contributed by atoms with Crippen LogP contribution in [0.3, 0.4) is 0 Å². The smallest absolute Gasteiger partial charge is 0.0965 e. The van der Waals surface area contributed by atoms with Crippen LogP contribution in [0.15, 0.2) is 18.5 Å². The van der Waals surface area contributed by atoms with Gasteiger partial charge in [0.1, 0.15) is 0 Å². The number of hydrogen-bond donors (Lipinski definition) is 1. The van der Waals surface area contributed by atoms with Gasteiger partial charge in [-0.05, 0) is 19.9 Å². The molecule has 0 fully saturated rings. The summed E-state index contributed by atoms with van der Waals surface area (Å²) in [4.78, 5) is 1.68. The Labute approximate surface area is 101 Å². The van der Waals surface area contributed by atoms with Gasteiger partial charge < -0.3 is 5.32 Å². The van der Waals surface area contributed by atoms with Crippen molar-refractivity contribution < 1.29 is 0 Å². The van der Waals surface area contributed by atoms with Crippen molar-refractivity contribution in [1.29, 1.82) is 0 Å². The summed E-state index contributed by atoms with van der Waals surface area (Å²) in [6.07, 6.45) is 3.74. The minimum absolute atomic E-state index is 0.211. The Balaban J connectivity index is 1.89. The van der Waals surface area contributed by atoms with Gasteiger partial charge in [0, 0.05) is 25.8 Å². The van der Waals surface area contributed by atoms with E-state index in [9.17, 15) is 0 Å². The molecule has 2 rings (SSSR count). The molecule has 0 spiro atoms. The van der Waals surface area contributed by atoms with Crippen molar-refractivity contribution in [1.82, 2.24) is 30.1 Å². The van der Waals surface area contributed by atoms with Crippen molar-refractivity contribution in [2.45, 2.75) is 33.0 Å². The number of nitrogens with one attached hydrogen (secondary N) is 1. The van der Waals surface area contributed by atoms with Crippen LogP contribution in [0.25, 0.3) is 0 Å². The molecule has 0 aliphatic rings. The summed E-state index contributed by atoms with van der Waals surface area (Å²) in [6.45, 7) is 5.62. The Kier molecular flexibility index (Phi) is 3.53. The highest BCUT2D eigenvalue weighted by atomic mass is 15.5. The zero-order valence-corrected chi connectivity index (χ0v) is 10.5. The van der Waals surface area contributed by atoms with Gasteiger partial charge in [-0.3, -0.25) is 4.68 Å². The van der Waals surface area contributed by atoms with E-state index in [1.54, 1.807) is 15.7 Å². The summed E-state index contributed by atoms with van der Waals surface area (Å²) in [5, 5.41) is 16.2. The summed E-state index contributed by atoms with van der Waals surface area (Å²) in [5.41, 5.74) is 1.99. The van der Waals surface area contributed by atoms with Crippen molar-refractivity contribution in [3.05, 3.63) is 29.8 Å². The number of aromatic nitrogens is 5. The molecule has 0 amide bonds. The number of aryl methyl sites for hydroxylation is 2. The molecule has 2 aromatic heterocycles. The van der Waals surface area contributed by atoms with Crippen LogP contribution in [0.2, 0.25) is 0 Å². The third kappa shape index (κ3) is 2.91. The lowest BCUT2D eigenvalue weighted by Gasteiger charge is -2.09. The van der Waals surface area contributed by atoms with Crippen molar-refractivity contribution in [2.24, 2.45) is 7.05 Å². The fourth-order valence-electron chi connectivity index (χ4n) is 1.59. The second kappa shape index (κ2) is 5.09. The van der Waals surface area contributed by atoms with Crippen LogP contribution in [0.5, 0.6) is 0 Å². The Morgan fingerprint density at radius 3 is 2.82 bits per heavy atom. The third-order valence-corrected chi connectivity index (χ3v) is 2.63. The molecule has 2 aromatic rings. The molecule has 1 unspecified atom stereocenters. The van der Waals surface area contributed by atoms with E-state index in [2.05, 4.69) is 27.5 Å². The molecule has 6 heteroatoms. The highest BCUT2D eigenvalue weighted by molar-refractivity contribution is 5.04. The van der Waals surface area contributed by atoms with Crippen LogP contribution in [-0.2, 0) is 20.1 Å². The minimum Gasteiger partial charge on any atom is -0.303 e. The van der Waals surface area contributed by atoms with Gasteiger partial charge in [-0.25, -0.2) is 0 Å². The fraction of sp³-hybridized carbons (Fsp3) is 0.545. The van der Waals surface area contributed by atoms with Crippen LogP contribution in [-0.4, -0.2) is 24.8 Å². The Hall–Kier alpha value is -1.69. The molecule has 17 heavy (non-hydrogen) atoms. The van der Waals surface area contributed by atoms with Gasteiger partial charge in [0.2, 0.25) is 0 Å². The molecule has 0 aromatic carbocycles. The fourth-order valence-corrected chi connectivity index (χ4v) is 1.59. The molecule has 0 aliphatic carbocycles. The van der Waals surface area contributed by atoms with Gasteiger partial charge in [-0.1, -0.05) is 0 Å². The monoisotopic (exact) mass is 234 g/mol. The molecular weight excluding hydrogens is 216 g/mol. The predicted molar refractivity (Wildman–Crippen MR) is 64.2 cm³/mol. The van der Waals surface area contributed by atoms with Crippen LogP contribution in [0, 0.1) is 0 Å². The average Bonchev–Trinajstić information content (AvgIpc) is 2.94. The standard InChI is InChI=1S/C11H18N6/c1-4-17-13-8-10(14-17)7-12-9(2)11-5-6-16(3)15-11/h5-6,8-9,12H,4,7H2,1-3H3. The molecule has 0 bridgehead atoms. The van der Waals surface area contributed by atoms with E-state index in [0.29, 0.717) is 6.54 Å². The maximum atomic E-state index is 4.36. The first kappa shape index (κ1) is 11.8. The first-order chi connectivity index (χ1) is 8.19. The van der Waals surface area contributed by atoms with E-state index in [1.807, 2.05) is 26.2 Å². The molecule has 92 valence electrons. The van der Waals surface area contributed by atoms with Gasteiger partial charge >= 0.3 is 0 Å². The Morgan fingerprint density at radius 2 is 2.24 bits per heavy atom. The van der Waals surface area contributed by atoms with E-state index in [-0.39, 0.29) is 6.04 Å². The lowest BCUT2D eigenvalue weighted by atomic mass is 10.2. The molecule has 2 heterocycles. The maximum Gasteiger partial charge on any atom is 0.0965 e. The summed E-state index contributed by atoms with van der Waals surface area (Å²) in [7, 11) is 1.92. The van der Waals surface area contributed by atoms with Crippen LogP contribution < -0.4 is 5.32 Å². The molecule has 6 nitrogen and oxygen atoms in total. The second-order valence-electron chi connectivity index (χ2n) is 4.04. The van der Waals surface area contributed by atoms with Crippen molar-refractivity contribution in [2.75, 3.05) is 0 Å². The van der Waals surface area contributed by atoms with E-state index in [0.717, 1.165) is 17.9 Å². The van der Waals surface area contributed by atoms with Gasteiger partial charge in [0.25, 0.3) is 0 Å². The van der Waals surface area contributed by atoms with E-state index >= 15 is 0 Å². The summed E-state index contributed by atoms with van der Waals surface area (Å²) in [6, 6.07) is 2.23. The van der Waals surface area contributed by atoms with Crippen LogP contribution in [0.4, 0.5) is 0 Å². The molecule has 0 aliphatic heterocycles. The molecule has 1 atom stereocenters. The molecular formula is C11H18N6. The molecule has 0 saturated heterocycles. The van der Waals surface area contributed by atoms with Crippen molar-refractivity contribution in [3.8, 4) is 0 Å². The Bertz CT molecular complexity index is 472. The zero-order chi connectivity index (χ0) is 12.3. The summed E-state index contributed by atoms with van der Waals surface area (Å²) >= 11 is 0. The van der Waals surface area contributed by atoms with E-state index in [1.165, 1.54) is 0 Å². The first-order valence-electron chi connectivity index (χ1n) is 5.81. The highest BCUT2D eigenvalue weighted by Crippen LogP contribution is 2.09. The van der Waals surface area contributed by atoms with Gasteiger partial charge in [0.15, 0.2) is 0 Å². The predicted octanol–water partition coefficient (Wildman–Crippen LogP) is 0.882. The lowest BCUT2D eigenvalue weighted by Crippen LogP contribution is -2.19. The average molecular weight is 234 g/mol. The third-order valence-electron chi connectivity index (χ3n) is 2.63.